The third-order valence-electron chi connectivity index (χ3n) is 1.02. The summed E-state index contributed by atoms with van der Waals surface area (Å²) in [6.45, 7) is 0.695. The van der Waals surface area contributed by atoms with E-state index in [1.54, 1.807) is 0 Å². The molecule has 1 rings (SSSR count). The summed E-state index contributed by atoms with van der Waals surface area (Å²) in [5.41, 5.74) is 0. The van der Waals surface area contributed by atoms with E-state index in [1.165, 1.54) is 6.42 Å². The summed E-state index contributed by atoms with van der Waals surface area (Å²) in [6, 6.07) is 0. The molecular formula is C4H9BNO2. The largest absolute Gasteiger partial charge is 0.245 e. The van der Waals surface area contributed by atoms with Crippen molar-refractivity contribution in [1.82, 2.24) is 5.39 Å². The topological polar surface area (TPSA) is 30.5 Å². The van der Waals surface area contributed by atoms with Gasteiger partial charge in [0.25, 0.3) is 0 Å². The fourth-order valence-electron chi connectivity index (χ4n) is 0.576. The summed E-state index contributed by atoms with van der Waals surface area (Å²) >= 11 is 0. The molecule has 1 aliphatic rings. The van der Waals surface area contributed by atoms with Crippen LogP contribution in [0.15, 0.2) is 0 Å². The van der Waals surface area contributed by atoms with E-state index in [-0.39, 0.29) is 0 Å². The van der Waals surface area contributed by atoms with Gasteiger partial charge in [-0.05, 0) is 6.42 Å². The highest BCUT2D eigenvalue weighted by Crippen LogP contribution is 1.96. The number of nitrogens with one attached hydrogen (secondary N) is 1. The molecule has 3 nitrogen and oxygen atoms in total. The summed E-state index contributed by atoms with van der Waals surface area (Å²) in [5, 5.41) is 2.54. The first-order valence-electron chi connectivity index (χ1n) is 2.86. The first kappa shape index (κ1) is 6.07. The smallest absolute Gasteiger partial charge is 0.219 e. The van der Waals surface area contributed by atoms with Gasteiger partial charge in [0.15, 0.2) is 0 Å². The van der Waals surface area contributed by atoms with E-state index in [9.17, 15) is 0 Å². The van der Waals surface area contributed by atoms with Gasteiger partial charge in [0.1, 0.15) is 0 Å². The summed E-state index contributed by atoms with van der Waals surface area (Å²) in [7, 11) is 1.85. The SMILES string of the molecule is [B]1CCCCOON1. The van der Waals surface area contributed by atoms with Crippen molar-refractivity contribution in [3.8, 4) is 0 Å². The zero-order valence-corrected chi connectivity index (χ0v) is 4.72. The maximum Gasteiger partial charge on any atom is 0.245 e. The minimum absolute atomic E-state index is 0.695. The van der Waals surface area contributed by atoms with Gasteiger partial charge < -0.3 is 0 Å². The Kier molecular flexibility index (Phi) is 2.95. The van der Waals surface area contributed by atoms with Crippen molar-refractivity contribution in [2.24, 2.45) is 0 Å². The molecule has 0 aromatic rings. The van der Waals surface area contributed by atoms with Crippen LogP contribution in [0.1, 0.15) is 12.8 Å². The van der Waals surface area contributed by atoms with Gasteiger partial charge >= 0.3 is 0 Å². The van der Waals surface area contributed by atoms with Crippen LogP contribution in [0.4, 0.5) is 0 Å². The Morgan fingerprint density at radius 1 is 1.38 bits per heavy atom. The van der Waals surface area contributed by atoms with Crippen LogP contribution < -0.4 is 5.39 Å². The molecule has 45 valence electrons. The second-order valence-electron chi connectivity index (χ2n) is 1.72. The molecule has 0 atom stereocenters. The molecule has 0 amide bonds. The molecule has 1 radical (unpaired) electrons. The highest BCUT2D eigenvalue weighted by atomic mass is 17.3. The number of hydrogen-bond donors (Lipinski definition) is 1. The molecule has 0 saturated carbocycles. The van der Waals surface area contributed by atoms with Gasteiger partial charge in [-0.15, -0.1) is 0 Å². The molecule has 0 aliphatic carbocycles. The molecule has 0 bridgehead atoms. The highest BCUT2D eigenvalue weighted by molar-refractivity contribution is 6.31. The lowest BCUT2D eigenvalue weighted by atomic mass is 9.88. The summed E-state index contributed by atoms with van der Waals surface area (Å²) < 4.78 is 0. The predicted octanol–water partition coefficient (Wildman–Crippen LogP) is 0.271. The van der Waals surface area contributed by atoms with Gasteiger partial charge in [-0.25, -0.2) is 10.3 Å². The van der Waals surface area contributed by atoms with Crippen molar-refractivity contribution in [2.75, 3.05) is 6.61 Å². The average molecular weight is 114 g/mol. The van der Waals surface area contributed by atoms with E-state index in [0.717, 1.165) is 12.7 Å². The number of rotatable bonds is 0. The summed E-state index contributed by atoms with van der Waals surface area (Å²) in [5.74, 6) is 0. The first-order valence-corrected chi connectivity index (χ1v) is 2.86. The van der Waals surface area contributed by atoms with Crippen molar-refractivity contribution in [3.63, 3.8) is 0 Å². The Balaban J connectivity index is 2.00. The molecule has 1 heterocycles. The molecule has 1 N–H and O–H groups in total. The van der Waals surface area contributed by atoms with Crippen molar-refractivity contribution in [1.29, 1.82) is 0 Å². The Hall–Kier alpha value is -0.0551. The van der Waals surface area contributed by atoms with Crippen molar-refractivity contribution in [3.05, 3.63) is 0 Å². The van der Waals surface area contributed by atoms with E-state index in [4.69, 9.17) is 0 Å². The third kappa shape index (κ3) is 2.30. The second kappa shape index (κ2) is 3.89. The van der Waals surface area contributed by atoms with Crippen LogP contribution in [0.5, 0.6) is 0 Å². The lowest BCUT2D eigenvalue weighted by molar-refractivity contribution is -0.320. The highest BCUT2D eigenvalue weighted by Gasteiger charge is 1.97. The average Bonchev–Trinajstić information content (AvgIpc) is 1.62. The first-order chi connectivity index (χ1) is 4.00. The van der Waals surface area contributed by atoms with Gasteiger partial charge in [0.05, 0.1) is 6.61 Å². The molecule has 1 fully saturated rings. The third-order valence-corrected chi connectivity index (χ3v) is 1.02. The molecule has 8 heavy (non-hydrogen) atoms. The van der Waals surface area contributed by atoms with E-state index in [0.29, 0.717) is 6.61 Å². The zero-order valence-electron chi connectivity index (χ0n) is 4.72. The van der Waals surface area contributed by atoms with Crippen molar-refractivity contribution >= 4 is 7.41 Å². The Labute approximate surface area is 49.5 Å². The zero-order chi connectivity index (χ0) is 5.66. The van der Waals surface area contributed by atoms with Gasteiger partial charge in [-0.1, -0.05) is 12.7 Å². The second-order valence-corrected chi connectivity index (χ2v) is 1.72. The van der Waals surface area contributed by atoms with Crippen molar-refractivity contribution in [2.45, 2.75) is 19.2 Å². The van der Waals surface area contributed by atoms with Crippen LogP contribution in [0.2, 0.25) is 6.32 Å². The predicted molar refractivity (Wildman–Crippen MR) is 30.0 cm³/mol. The quantitative estimate of drug-likeness (QED) is 0.362. The van der Waals surface area contributed by atoms with Gasteiger partial charge in [-0.3, -0.25) is 0 Å². The Bertz CT molecular complexity index is 38.0. The summed E-state index contributed by atoms with van der Waals surface area (Å²) in [4.78, 5) is 9.10. The molecular weight excluding hydrogens is 105 g/mol. The van der Waals surface area contributed by atoms with Crippen LogP contribution in [-0.4, -0.2) is 14.0 Å². The minimum Gasteiger partial charge on any atom is -0.219 e. The Morgan fingerprint density at radius 3 is 3.38 bits per heavy atom. The lowest BCUT2D eigenvalue weighted by Gasteiger charge is -2.06. The monoisotopic (exact) mass is 114 g/mol. The minimum atomic E-state index is 0.695. The molecule has 0 aromatic heterocycles. The van der Waals surface area contributed by atoms with Crippen LogP contribution in [0.3, 0.4) is 0 Å². The maximum absolute atomic E-state index is 4.63. The van der Waals surface area contributed by atoms with Crippen LogP contribution in [-0.2, 0) is 9.88 Å². The van der Waals surface area contributed by atoms with Crippen molar-refractivity contribution < 1.29 is 9.88 Å². The standard InChI is InChI=1S/C4H9BNO2/c1-2-4-7-8-6-5-3-1/h6H,1-4H2. The van der Waals surface area contributed by atoms with E-state index in [1.807, 2.05) is 7.41 Å². The number of hydrogen-bond acceptors (Lipinski definition) is 3. The molecule has 0 unspecified atom stereocenters. The fourth-order valence-corrected chi connectivity index (χ4v) is 0.576. The molecule has 0 aromatic carbocycles. The molecule has 0 spiro atoms. The Morgan fingerprint density at radius 2 is 2.38 bits per heavy atom. The van der Waals surface area contributed by atoms with Crippen LogP contribution in [0.25, 0.3) is 0 Å². The van der Waals surface area contributed by atoms with Crippen LogP contribution in [0, 0.1) is 0 Å². The van der Waals surface area contributed by atoms with E-state index < -0.39 is 0 Å². The van der Waals surface area contributed by atoms with Gasteiger partial charge in [0, 0.05) is 0 Å². The maximum atomic E-state index is 4.63. The fraction of sp³-hybridized carbons (Fsp3) is 1.00. The normalized spacial score (nSPS) is 23.0. The van der Waals surface area contributed by atoms with E-state index in [2.05, 4.69) is 15.3 Å². The van der Waals surface area contributed by atoms with Gasteiger partial charge in [-0.2, -0.15) is 4.99 Å². The molecule has 1 aliphatic heterocycles. The van der Waals surface area contributed by atoms with E-state index >= 15 is 0 Å². The van der Waals surface area contributed by atoms with Crippen LogP contribution >= 0.6 is 0 Å². The molecule has 1 saturated heterocycles. The summed E-state index contributed by atoms with van der Waals surface area (Å²) in [6.07, 6.45) is 3.32. The molecule has 4 heteroatoms. The lowest BCUT2D eigenvalue weighted by Crippen LogP contribution is -2.22. The van der Waals surface area contributed by atoms with Gasteiger partial charge in [0.2, 0.25) is 7.41 Å².